The predicted molar refractivity (Wildman–Crippen MR) is 56.8 cm³/mol. The average Bonchev–Trinajstić information content (AvgIpc) is 2.52. The molecule has 2 nitrogen and oxygen atoms in total. The lowest BCUT2D eigenvalue weighted by Crippen LogP contribution is -2.10. The molecule has 0 bridgehead atoms. The van der Waals surface area contributed by atoms with Crippen molar-refractivity contribution >= 4 is 5.97 Å². The highest BCUT2D eigenvalue weighted by atomic mass is 16.5. The molecular weight excluding hydrogens is 176 g/mol. The van der Waals surface area contributed by atoms with Gasteiger partial charge in [-0.1, -0.05) is 25.5 Å². The van der Waals surface area contributed by atoms with Crippen molar-refractivity contribution in [3.05, 3.63) is 11.6 Å². The zero-order valence-electron chi connectivity index (χ0n) is 9.76. The molecule has 14 heavy (non-hydrogen) atoms. The molecule has 1 aliphatic carbocycles. The van der Waals surface area contributed by atoms with Crippen molar-refractivity contribution in [2.24, 2.45) is 17.3 Å². The van der Waals surface area contributed by atoms with Gasteiger partial charge in [0.2, 0.25) is 0 Å². The van der Waals surface area contributed by atoms with Crippen LogP contribution in [0, 0.1) is 17.3 Å². The van der Waals surface area contributed by atoms with E-state index in [9.17, 15) is 4.79 Å². The lowest BCUT2D eigenvalue weighted by atomic mass is 10.1. The third-order valence-corrected chi connectivity index (χ3v) is 2.96. The van der Waals surface area contributed by atoms with Gasteiger partial charge in [0.05, 0.1) is 12.5 Å². The number of carbonyl (C=O) groups excluding carboxylic acids is 1. The number of ether oxygens (including phenoxy) is 1. The van der Waals surface area contributed by atoms with Gasteiger partial charge in [0.25, 0.3) is 0 Å². The summed E-state index contributed by atoms with van der Waals surface area (Å²) in [6, 6.07) is 0. The monoisotopic (exact) mass is 196 g/mol. The minimum atomic E-state index is -0.0417. The number of hydrogen-bond acceptors (Lipinski definition) is 2. The summed E-state index contributed by atoms with van der Waals surface area (Å²) in [6.45, 7) is 10.7. The standard InChI is InChI=1S/C12H20O2/c1-6-14-11(13)10-9(7-8(2)3)12(10,4)5/h7,9-10H,6H2,1-5H3/t9-,10?/m1/s1. The molecule has 1 rings (SSSR count). The highest BCUT2D eigenvalue weighted by Gasteiger charge is 2.61. The van der Waals surface area contributed by atoms with E-state index >= 15 is 0 Å². The molecule has 1 unspecified atom stereocenters. The maximum Gasteiger partial charge on any atom is 0.310 e. The second-order valence-corrected chi connectivity index (χ2v) is 4.82. The molecular formula is C12H20O2. The summed E-state index contributed by atoms with van der Waals surface area (Å²) in [7, 11) is 0. The fourth-order valence-electron chi connectivity index (χ4n) is 2.03. The Labute approximate surface area is 86.3 Å². The first-order valence-electron chi connectivity index (χ1n) is 5.23. The quantitative estimate of drug-likeness (QED) is 0.512. The Kier molecular flexibility index (Phi) is 3.03. The first-order chi connectivity index (χ1) is 6.41. The Balaban J connectivity index is 2.66. The van der Waals surface area contributed by atoms with Gasteiger partial charge in [0.15, 0.2) is 0 Å². The zero-order valence-corrected chi connectivity index (χ0v) is 9.76. The van der Waals surface area contributed by atoms with Gasteiger partial charge in [-0.3, -0.25) is 4.79 Å². The number of carbonyl (C=O) groups is 1. The topological polar surface area (TPSA) is 26.3 Å². The molecule has 2 heteroatoms. The second kappa shape index (κ2) is 3.76. The molecule has 2 atom stereocenters. The third-order valence-electron chi connectivity index (χ3n) is 2.96. The van der Waals surface area contributed by atoms with Crippen molar-refractivity contribution < 1.29 is 9.53 Å². The molecule has 0 aliphatic heterocycles. The van der Waals surface area contributed by atoms with E-state index in [2.05, 4.69) is 33.8 Å². The summed E-state index contributed by atoms with van der Waals surface area (Å²) in [6.07, 6.45) is 2.18. The minimum Gasteiger partial charge on any atom is -0.466 e. The van der Waals surface area contributed by atoms with Gasteiger partial charge in [-0.05, 0) is 32.1 Å². The van der Waals surface area contributed by atoms with Crippen LogP contribution in [0.2, 0.25) is 0 Å². The van der Waals surface area contributed by atoms with E-state index < -0.39 is 0 Å². The molecule has 0 amide bonds. The Morgan fingerprint density at radius 3 is 2.43 bits per heavy atom. The molecule has 0 N–H and O–H groups in total. The van der Waals surface area contributed by atoms with Gasteiger partial charge in [0.1, 0.15) is 0 Å². The van der Waals surface area contributed by atoms with Crippen molar-refractivity contribution in [1.29, 1.82) is 0 Å². The van der Waals surface area contributed by atoms with E-state index in [1.54, 1.807) is 0 Å². The molecule has 0 aromatic carbocycles. The van der Waals surface area contributed by atoms with Crippen LogP contribution in [-0.4, -0.2) is 12.6 Å². The Morgan fingerprint density at radius 1 is 1.43 bits per heavy atom. The van der Waals surface area contributed by atoms with Gasteiger partial charge in [0, 0.05) is 0 Å². The van der Waals surface area contributed by atoms with Crippen molar-refractivity contribution in [2.45, 2.75) is 34.6 Å². The smallest absolute Gasteiger partial charge is 0.310 e. The molecule has 0 aromatic rings. The van der Waals surface area contributed by atoms with Crippen LogP contribution in [0.25, 0.3) is 0 Å². The van der Waals surface area contributed by atoms with Crippen molar-refractivity contribution in [2.75, 3.05) is 6.61 Å². The summed E-state index contributed by atoms with van der Waals surface area (Å²) in [5.74, 6) is 0.392. The normalized spacial score (nSPS) is 28.1. The van der Waals surface area contributed by atoms with Crippen LogP contribution in [0.1, 0.15) is 34.6 Å². The van der Waals surface area contributed by atoms with Gasteiger partial charge in [-0.15, -0.1) is 0 Å². The van der Waals surface area contributed by atoms with Crippen molar-refractivity contribution in [3.8, 4) is 0 Å². The van der Waals surface area contributed by atoms with E-state index in [4.69, 9.17) is 4.74 Å². The van der Waals surface area contributed by atoms with Crippen LogP contribution < -0.4 is 0 Å². The van der Waals surface area contributed by atoms with Gasteiger partial charge >= 0.3 is 5.97 Å². The van der Waals surface area contributed by atoms with E-state index in [1.165, 1.54) is 5.57 Å². The van der Waals surface area contributed by atoms with E-state index in [-0.39, 0.29) is 17.3 Å². The molecule has 1 saturated carbocycles. The summed E-state index contributed by atoms with van der Waals surface area (Å²) < 4.78 is 5.05. The van der Waals surface area contributed by atoms with Gasteiger partial charge < -0.3 is 4.74 Å². The summed E-state index contributed by atoms with van der Waals surface area (Å²) in [5, 5.41) is 0. The molecule has 1 aliphatic rings. The van der Waals surface area contributed by atoms with Gasteiger partial charge in [-0.25, -0.2) is 0 Å². The Morgan fingerprint density at radius 2 is 2.00 bits per heavy atom. The molecule has 1 fully saturated rings. The van der Waals surface area contributed by atoms with Gasteiger partial charge in [-0.2, -0.15) is 0 Å². The minimum absolute atomic E-state index is 0.0417. The van der Waals surface area contributed by atoms with Crippen LogP contribution >= 0.6 is 0 Å². The first-order valence-corrected chi connectivity index (χ1v) is 5.23. The fourth-order valence-corrected chi connectivity index (χ4v) is 2.03. The lowest BCUT2D eigenvalue weighted by Gasteiger charge is -2.01. The number of allylic oxidation sites excluding steroid dienone is 2. The Bertz CT molecular complexity index is 259. The average molecular weight is 196 g/mol. The number of esters is 1. The zero-order chi connectivity index (χ0) is 10.9. The lowest BCUT2D eigenvalue weighted by molar-refractivity contribution is -0.145. The van der Waals surface area contributed by atoms with Crippen LogP contribution in [0.3, 0.4) is 0 Å². The molecule has 0 spiro atoms. The third kappa shape index (κ3) is 1.99. The Hall–Kier alpha value is -0.790. The van der Waals surface area contributed by atoms with Crippen molar-refractivity contribution in [3.63, 3.8) is 0 Å². The summed E-state index contributed by atoms with van der Waals surface area (Å²) >= 11 is 0. The predicted octanol–water partition coefficient (Wildman–Crippen LogP) is 2.79. The summed E-state index contributed by atoms with van der Waals surface area (Å²) in [4.78, 5) is 11.6. The molecule has 0 aromatic heterocycles. The summed E-state index contributed by atoms with van der Waals surface area (Å²) in [5.41, 5.74) is 1.36. The van der Waals surface area contributed by atoms with Crippen LogP contribution in [0.15, 0.2) is 11.6 Å². The second-order valence-electron chi connectivity index (χ2n) is 4.82. The van der Waals surface area contributed by atoms with Crippen molar-refractivity contribution in [1.82, 2.24) is 0 Å². The molecule has 80 valence electrons. The maximum atomic E-state index is 11.6. The van der Waals surface area contributed by atoms with E-state index in [0.717, 1.165) is 0 Å². The van der Waals surface area contributed by atoms with Crippen LogP contribution in [0.4, 0.5) is 0 Å². The largest absolute Gasteiger partial charge is 0.466 e. The molecule has 0 heterocycles. The SMILES string of the molecule is CCOC(=O)C1[C@@H](C=C(C)C)C1(C)C. The van der Waals surface area contributed by atoms with E-state index in [0.29, 0.717) is 12.5 Å². The maximum absolute atomic E-state index is 11.6. The fraction of sp³-hybridized carbons (Fsp3) is 0.750. The highest BCUT2D eigenvalue weighted by molar-refractivity contribution is 5.78. The van der Waals surface area contributed by atoms with E-state index in [1.807, 2.05) is 6.92 Å². The molecule has 0 saturated heterocycles. The van der Waals surface area contributed by atoms with Crippen LogP contribution in [-0.2, 0) is 9.53 Å². The van der Waals surface area contributed by atoms with Crippen LogP contribution in [0.5, 0.6) is 0 Å². The first kappa shape index (κ1) is 11.3. The number of rotatable bonds is 3. The number of hydrogen-bond donors (Lipinski definition) is 0. The molecule has 0 radical (unpaired) electrons. The highest BCUT2D eigenvalue weighted by Crippen LogP contribution is 2.59.